The highest BCUT2D eigenvalue weighted by Gasteiger charge is 2.40. The summed E-state index contributed by atoms with van der Waals surface area (Å²) in [7, 11) is 0. The van der Waals surface area contributed by atoms with E-state index in [1.165, 1.54) is 16.7 Å². The summed E-state index contributed by atoms with van der Waals surface area (Å²) < 4.78 is 0. The second-order valence-corrected chi connectivity index (χ2v) is 8.65. The average molecular weight is 401 g/mol. The zero-order valence-corrected chi connectivity index (χ0v) is 17.3. The van der Waals surface area contributed by atoms with Gasteiger partial charge in [-0.2, -0.15) is 0 Å². The van der Waals surface area contributed by atoms with Crippen molar-refractivity contribution in [3.05, 3.63) is 70.3 Å². The molecule has 1 saturated carbocycles. The van der Waals surface area contributed by atoms with Crippen LogP contribution in [0.1, 0.15) is 51.9 Å². The van der Waals surface area contributed by atoms with Gasteiger partial charge in [0, 0.05) is 5.38 Å². The molecule has 0 radical (unpaired) electrons. The van der Waals surface area contributed by atoms with Crippen molar-refractivity contribution in [1.29, 1.82) is 0 Å². The average Bonchev–Trinajstić information content (AvgIpc) is 2.94. The van der Waals surface area contributed by atoms with E-state index in [9.17, 15) is 9.90 Å². The zero-order chi connectivity index (χ0) is 20.3. The summed E-state index contributed by atoms with van der Waals surface area (Å²) in [5.41, 5.74) is 5.43. The summed E-state index contributed by atoms with van der Waals surface area (Å²) in [6.07, 6.45) is 3.96. The molecule has 3 nitrogen and oxygen atoms in total. The van der Waals surface area contributed by atoms with Crippen molar-refractivity contribution in [1.82, 2.24) is 0 Å². The Morgan fingerprint density at radius 3 is 2.39 bits per heavy atom. The smallest absolute Gasteiger partial charge is 0.335 e. The lowest BCUT2D eigenvalue weighted by Crippen LogP contribution is -2.22. The van der Waals surface area contributed by atoms with Crippen LogP contribution < -0.4 is 0 Å². The maximum atomic E-state index is 11.0. The van der Waals surface area contributed by atoms with Crippen LogP contribution in [0.5, 0.6) is 0 Å². The van der Waals surface area contributed by atoms with E-state index in [0.717, 1.165) is 31.2 Å². The number of halogens is 1. The number of rotatable bonds is 7. The molecule has 1 aliphatic rings. The van der Waals surface area contributed by atoms with E-state index in [1.54, 1.807) is 12.1 Å². The molecule has 0 amide bonds. The lowest BCUT2D eigenvalue weighted by atomic mass is 9.84. The highest BCUT2D eigenvalue weighted by atomic mass is 35.5. The second-order valence-electron chi connectivity index (χ2n) is 8.09. The normalized spacial score (nSPS) is 24.4. The molecule has 0 bridgehead atoms. The van der Waals surface area contributed by atoms with Crippen molar-refractivity contribution in [2.24, 2.45) is 11.8 Å². The molecular weight excluding hydrogens is 372 g/mol. The van der Waals surface area contributed by atoms with Gasteiger partial charge in [-0.1, -0.05) is 30.3 Å². The minimum absolute atomic E-state index is 0.0134. The highest BCUT2D eigenvalue weighted by molar-refractivity contribution is 6.21. The number of aryl methyl sites for hydroxylation is 3. The molecule has 0 spiro atoms. The third-order valence-corrected chi connectivity index (χ3v) is 6.91. The molecular formula is C24H29ClO3. The molecule has 2 unspecified atom stereocenters. The number of aromatic carboxylic acids is 1. The number of hydrogen-bond donors (Lipinski definition) is 2. The largest absolute Gasteiger partial charge is 0.478 e. The van der Waals surface area contributed by atoms with Crippen LogP contribution >= 0.6 is 11.6 Å². The Labute approximate surface area is 172 Å². The molecule has 0 heterocycles. The quantitative estimate of drug-likeness (QED) is 0.630. The molecule has 3 rings (SSSR count). The highest BCUT2D eigenvalue weighted by Crippen LogP contribution is 2.41. The monoisotopic (exact) mass is 400 g/mol. The zero-order valence-electron chi connectivity index (χ0n) is 16.6. The molecule has 2 aromatic carbocycles. The van der Waals surface area contributed by atoms with Gasteiger partial charge in [0.25, 0.3) is 0 Å². The van der Waals surface area contributed by atoms with Crippen molar-refractivity contribution >= 4 is 17.6 Å². The summed E-state index contributed by atoms with van der Waals surface area (Å²) in [6, 6.07) is 13.5. The van der Waals surface area contributed by atoms with Crippen LogP contribution in [0, 0.1) is 25.7 Å². The molecule has 0 aromatic heterocycles. The van der Waals surface area contributed by atoms with Crippen LogP contribution in [-0.4, -0.2) is 27.7 Å². The topological polar surface area (TPSA) is 57.5 Å². The Morgan fingerprint density at radius 2 is 1.71 bits per heavy atom. The number of carboxylic acids is 1. The van der Waals surface area contributed by atoms with Gasteiger partial charge in [-0.15, -0.1) is 11.6 Å². The molecule has 0 aliphatic heterocycles. The van der Waals surface area contributed by atoms with Gasteiger partial charge >= 0.3 is 5.97 Å². The van der Waals surface area contributed by atoms with E-state index in [2.05, 4.69) is 32.0 Å². The summed E-state index contributed by atoms with van der Waals surface area (Å²) in [6.45, 7) is 4.31. The Morgan fingerprint density at radius 1 is 1.04 bits per heavy atom. The fourth-order valence-electron chi connectivity index (χ4n) is 4.49. The van der Waals surface area contributed by atoms with Crippen LogP contribution in [0.15, 0.2) is 42.5 Å². The molecule has 2 aromatic rings. The molecule has 2 N–H and O–H groups in total. The van der Waals surface area contributed by atoms with Gasteiger partial charge in [0.2, 0.25) is 0 Å². The van der Waals surface area contributed by atoms with E-state index in [4.69, 9.17) is 16.7 Å². The lowest BCUT2D eigenvalue weighted by molar-refractivity contribution is 0.0697. The SMILES string of the molecule is Cc1cccc(CC[C@H]2C(Cl)CC(O)[C@@H]2CCc2ccc(C(=O)O)cc2)c1C. The van der Waals surface area contributed by atoms with Gasteiger partial charge in [-0.25, -0.2) is 4.79 Å². The van der Waals surface area contributed by atoms with Crippen molar-refractivity contribution in [2.45, 2.75) is 57.4 Å². The number of carbonyl (C=O) groups is 1. The maximum Gasteiger partial charge on any atom is 0.335 e. The van der Waals surface area contributed by atoms with Crippen LogP contribution in [0.3, 0.4) is 0 Å². The van der Waals surface area contributed by atoms with Gasteiger partial charge in [0.15, 0.2) is 0 Å². The Balaban J connectivity index is 1.63. The Bertz CT molecular complexity index is 815. The third-order valence-electron chi connectivity index (χ3n) is 6.41. The molecule has 4 atom stereocenters. The van der Waals surface area contributed by atoms with Crippen molar-refractivity contribution in [2.75, 3.05) is 0 Å². The summed E-state index contributed by atoms with van der Waals surface area (Å²) in [5.74, 6) is -0.420. The molecule has 1 fully saturated rings. The standard InChI is InChI=1S/C24H29ClO3/c1-15-4-3-5-18(16(15)2)11-13-20-21(23(26)14-22(20)25)12-8-17-6-9-19(10-7-17)24(27)28/h3-7,9-10,20-23,26H,8,11-14H2,1-2H3,(H,27,28)/t20-,21-,22?,23?/m1/s1. The number of benzene rings is 2. The number of aliphatic hydroxyl groups is 1. The number of hydrogen-bond acceptors (Lipinski definition) is 2. The van der Waals surface area contributed by atoms with Gasteiger partial charge in [0.05, 0.1) is 11.7 Å². The van der Waals surface area contributed by atoms with Gasteiger partial charge in [-0.05, 0) is 92.2 Å². The summed E-state index contributed by atoms with van der Waals surface area (Å²) >= 11 is 6.62. The molecule has 1 aliphatic carbocycles. The minimum atomic E-state index is -0.908. The van der Waals surface area contributed by atoms with E-state index in [-0.39, 0.29) is 17.4 Å². The fraction of sp³-hybridized carbons (Fsp3) is 0.458. The van der Waals surface area contributed by atoms with Crippen LogP contribution in [0.4, 0.5) is 0 Å². The minimum Gasteiger partial charge on any atom is -0.478 e. The van der Waals surface area contributed by atoms with E-state index in [1.807, 2.05) is 12.1 Å². The van der Waals surface area contributed by atoms with Gasteiger partial charge in [-0.3, -0.25) is 0 Å². The summed E-state index contributed by atoms with van der Waals surface area (Å²) in [4.78, 5) is 11.0. The van der Waals surface area contributed by atoms with E-state index in [0.29, 0.717) is 17.9 Å². The van der Waals surface area contributed by atoms with Crippen LogP contribution in [0.2, 0.25) is 0 Å². The van der Waals surface area contributed by atoms with Gasteiger partial charge < -0.3 is 10.2 Å². The van der Waals surface area contributed by atoms with E-state index >= 15 is 0 Å². The predicted molar refractivity (Wildman–Crippen MR) is 113 cm³/mol. The van der Waals surface area contributed by atoms with Crippen molar-refractivity contribution in [3.8, 4) is 0 Å². The number of aliphatic hydroxyl groups excluding tert-OH is 1. The Hall–Kier alpha value is -1.84. The predicted octanol–water partition coefficient (Wildman–Crippen LogP) is 5.17. The fourth-order valence-corrected chi connectivity index (χ4v) is 4.98. The third kappa shape index (κ3) is 4.76. The second kappa shape index (κ2) is 9.11. The first-order chi connectivity index (χ1) is 13.4. The number of carboxylic acid groups (broad SMARTS) is 1. The van der Waals surface area contributed by atoms with Crippen LogP contribution in [0.25, 0.3) is 0 Å². The maximum absolute atomic E-state index is 11.0. The van der Waals surface area contributed by atoms with Gasteiger partial charge in [0.1, 0.15) is 0 Å². The first-order valence-electron chi connectivity index (χ1n) is 10.1. The first kappa shape index (κ1) is 20.9. The Kier molecular flexibility index (Phi) is 6.79. The molecule has 4 heteroatoms. The number of alkyl halides is 1. The van der Waals surface area contributed by atoms with Crippen LogP contribution in [-0.2, 0) is 12.8 Å². The lowest BCUT2D eigenvalue weighted by Gasteiger charge is -2.24. The summed E-state index contributed by atoms with van der Waals surface area (Å²) in [5, 5.41) is 19.6. The molecule has 28 heavy (non-hydrogen) atoms. The van der Waals surface area contributed by atoms with E-state index < -0.39 is 5.97 Å². The molecule has 150 valence electrons. The molecule has 0 saturated heterocycles. The van der Waals surface area contributed by atoms with Crippen molar-refractivity contribution < 1.29 is 15.0 Å². The van der Waals surface area contributed by atoms with Crippen molar-refractivity contribution in [3.63, 3.8) is 0 Å². The first-order valence-corrected chi connectivity index (χ1v) is 10.5.